The van der Waals surface area contributed by atoms with E-state index in [1.807, 2.05) is 0 Å². The summed E-state index contributed by atoms with van der Waals surface area (Å²) in [4.78, 5) is 0. The lowest BCUT2D eigenvalue weighted by atomic mass is 9.86. The molecule has 1 aromatic rings. The summed E-state index contributed by atoms with van der Waals surface area (Å²) in [5.41, 5.74) is 2.75. The zero-order valence-electron chi connectivity index (χ0n) is 10.4. The maximum absolute atomic E-state index is 5.24. The summed E-state index contributed by atoms with van der Waals surface area (Å²) in [6.45, 7) is 5.64. The summed E-state index contributed by atoms with van der Waals surface area (Å²) in [7, 11) is 1.72. The minimum Gasteiger partial charge on any atom is -0.497 e. The van der Waals surface area contributed by atoms with Gasteiger partial charge in [0.2, 0.25) is 0 Å². The Kier molecular flexibility index (Phi) is 3.49. The van der Waals surface area contributed by atoms with Gasteiger partial charge < -0.3 is 10.1 Å². The van der Waals surface area contributed by atoms with Crippen LogP contribution in [0, 0.1) is 12.8 Å². The molecule has 0 saturated carbocycles. The first-order chi connectivity index (χ1) is 7.72. The van der Waals surface area contributed by atoms with Gasteiger partial charge in [0.25, 0.3) is 0 Å². The number of rotatable bonds is 2. The van der Waals surface area contributed by atoms with E-state index in [1.54, 1.807) is 7.11 Å². The van der Waals surface area contributed by atoms with Crippen LogP contribution in [0.3, 0.4) is 0 Å². The number of aryl methyl sites for hydroxylation is 1. The molecule has 1 saturated heterocycles. The van der Waals surface area contributed by atoms with Crippen molar-refractivity contribution in [3.8, 4) is 5.75 Å². The van der Waals surface area contributed by atoms with E-state index in [4.69, 9.17) is 4.74 Å². The summed E-state index contributed by atoms with van der Waals surface area (Å²) in [5, 5.41) is 3.62. The molecule has 1 N–H and O–H groups in total. The van der Waals surface area contributed by atoms with Crippen molar-refractivity contribution < 1.29 is 4.74 Å². The standard InChI is InChI=1S/C14H21NO/c1-10-5-4-8-15-14(10)13-7-6-12(16-3)9-11(13)2/h6-7,9-10,14-15H,4-5,8H2,1-3H3. The molecule has 1 fully saturated rings. The number of hydrogen-bond donors (Lipinski definition) is 1. The van der Waals surface area contributed by atoms with Gasteiger partial charge in [-0.1, -0.05) is 13.0 Å². The Bertz CT molecular complexity index is 362. The van der Waals surface area contributed by atoms with Crippen molar-refractivity contribution in [3.05, 3.63) is 29.3 Å². The van der Waals surface area contributed by atoms with Crippen molar-refractivity contribution in [2.75, 3.05) is 13.7 Å². The van der Waals surface area contributed by atoms with Crippen LogP contribution < -0.4 is 10.1 Å². The first-order valence-corrected chi connectivity index (χ1v) is 6.10. The Hall–Kier alpha value is -1.02. The fraction of sp³-hybridized carbons (Fsp3) is 0.571. The van der Waals surface area contributed by atoms with E-state index >= 15 is 0 Å². The predicted molar refractivity (Wildman–Crippen MR) is 66.9 cm³/mol. The number of methoxy groups -OCH3 is 1. The minimum atomic E-state index is 0.514. The number of piperidine rings is 1. The average Bonchev–Trinajstić information content (AvgIpc) is 2.30. The summed E-state index contributed by atoms with van der Waals surface area (Å²) in [6.07, 6.45) is 2.62. The molecule has 0 bridgehead atoms. The molecule has 2 rings (SSSR count). The summed E-state index contributed by atoms with van der Waals surface area (Å²) >= 11 is 0. The monoisotopic (exact) mass is 219 g/mol. The fourth-order valence-corrected chi connectivity index (χ4v) is 2.59. The molecule has 16 heavy (non-hydrogen) atoms. The molecule has 0 spiro atoms. The summed E-state index contributed by atoms with van der Waals surface area (Å²) in [6, 6.07) is 6.90. The fourth-order valence-electron chi connectivity index (χ4n) is 2.59. The molecule has 2 heteroatoms. The molecule has 1 aromatic carbocycles. The van der Waals surface area contributed by atoms with E-state index < -0.39 is 0 Å². The molecule has 88 valence electrons. The second-order valence-corrected chi connectivity index (χ2v) is 4.77. The van der Waals surface area contributed by atoms with Gasteiger partial charge in [0, 0.05) is 6.04 Å². The highest BCUT2D eigenvalue weighted by Crippen LogP contribution is 2.32. The van der Waals surface area contributed by atoms with Gasteiger partial charge in [0.1, 0.15) is 5.75 Å². The SMILES string of the molecule is COc1ccc(C2NCCCC2C)c(C)c1. The van der Waals surface area contributed by atoms with Crippen LogP contribution in [0.5, 0.6) is 5.75 Å². The van der Waals surface area contributed by atoms with Crippen LogP contribution in [0.1, 0.15) is 36.9 Å². The predicted octanol–water partition coefficient (Wildman–Crippen LogP) is 3.06. The largest absolute Gasteiger partial charge is 0.497 e. The molecule has 1 aliphatic heterocycles. The van der Waals surface area contributed by atoms with E-state index in [-0.39, 0.29) is 0 Å². The lowest BCUT2D eigenvalue weighted by Gasteiger charge is -2.31. The van der Waals surface area contributed by atoms with Crippen molar-refractivity contribution in [1.82, 2.24) is 5.32 Å². The quantitative estimate of drug-likeness (QED) is 0.825. The normalized spacial score (nSPS) is 25.4. The van der Waals surface area contributed by atoms with Crippen LogP contribution in [-0.4, -0.2) is 13.7 Å². The number of ether oxygens (including phenoxy) is 1. The lowest BCUT2D eigenvalue weighted by molar-refractivity contribution is 0.304. The molecular weight excluding hydrogens is 198 g/mol. The Balaban J connectivity index is 2.25. The zero-order valence-corrected chi connectivity index (χ0v) is 10.4. The van der Waals surface area contributed by atoms with Crippen molar-refractivity contribution in [2.24, 2.45) is 5.92 Å². The second-order valence-electron chi connectivity index (χ2n) is 4.77. The van der Waals surface area contributed by atoms with Crippen LogP contribution in [0.4, 0.5) is 0 Å². The molecule has 0 aromatic heterocycles. The Morgan fingerprint density at radius 3 is 2.81 bits per heavy atom. The van der Waals surface area contributed by atoms with Gasteiger partial charge in [-0.25, -0.2) is 0 Å². The van der Waals surface area contributed by atoms with E-state index in [9.17, 15) is 0 Å². The summed E-state index contributed by atoms with van der Waals surface area (Å²) < 4.78 is 5.24. The first-order valence-electron chi connectivity index (χ1n) is 6.10. The number of benzene rings is 1. The Morgan fingerprint density at radius 2 is 2.19 bits per heavy atom. The van der Waals surface area contributed by atoms with E-state index in [1.165, 1.54) is 24.0 Å². The van der Waals surface area contributed by atoms with Gasteiger partial charge >= 0.3 is 0 Å². The molecule has 1 heterocycles. The Morgan fingerprint density at radius 1 is 1.38 bits per heavy atom. The molecule has 2 atom stereocenters. The number of hydrogen-bond acceptors (Lipinski definition) is 2. The average molecular weight is 219 g/mol. The molecule has 0 radical (unpaired) electrons. The second kappa shape index (κ2) is 4.88. The molecule has 2 unspecified atom stereocenters. The third-order valence-corrected chi connectivity index (χ3v) is 3.58. The van der Waals surface area contributed by atoms with Crippen LogP contribution >= 0.6 is 0 Å². The van der Waals surface area contributed by atoms with Gasteiger partial charge in [-0.2, -0.15) is 0 Å². The van der Waals surface area contributed by atoms with Gasteiger partial charge in [-0.15, -0.1) is 0 Å². The third kappa shape index (κ3) is 2.22. The van der Waals surface area contributed by atoms with Crippen molar-refractivity contribution >= 4 is 0 Å². The Labute approximate surface area is 98.0 Å². The molecule has 0 amide bonds. The van der Waals surface area contributed by atoms with Crippen LogP contribution in [-0.2, 0) is 0 Å². The van der Waals surface area contributed by atoms with Crippen LogP contribution in [0.25, 0.3) is 0 Å². The van der Waals surface area contributed by atoms with Gasteiger partial charge in [-0.3, -0.25) is 0 Å². The van der Waals surface area contributed by atoms with E-state index in [0.717, 1.165) is 18.2 Å². The highest BCUT2D eigenvalue weighted by molar-refractivity contribution is 5.37. The number of nitrogens with one attached hydrogen (secondary N) is 1. The zero-order chi connectivity index (χ0) is 11.5. The van der Waals surface area contributed by atoms with Crippen molar-refractivity contribution in [2.45, 2.75) is 32.7 Å². The van der Waals surface area contributed by atoms with E-state index in [0.29, 0.717) is 6.04 Å². The van der Waals surface area contributed by atoms with Gasteiger partial charge in [0.15, 0.2) is 0 Å². The molecule has 0 aliphatic carbocycles. The van der Waals surface area contributed by atoms with E-state index in [2.05, 4.69) is 37.4 Å². The van der Waals surface area contributed by atoms with Crippen molar-refractivity contribution in [1.29, 1.82) is 0 Å². The topological polar surface area (TPSA) is 21.3 Å². The third-order valence-electron chi connectivity index (χ3n) is 3.58. The molecule has 2 nitrogen and oxygen atoms in total. The van der Waals surface area contributed by atoms with Crippen LogP contribution in [0.2, 0.25) is 0 Å². The first kappa shape index (κ1) is 11.5. The summed E-state index contributed by atoms with van der Waals surface area (Å²) in [5.74, 6) is 1.67. The van der Waals surface area contributed by atoms with Crippen LogP contribution in [0.15, 0.2) is 18.2 Å². The van der Waals surface area contributed by atoms with Gasteiger partial charge in [0.05, 0.1) is 7.11 Å². The smallest absolute Gasteiger partial charge is 0.119 e. The maximum Gasteiger partial charge on any atom is 0.119 e. The lowest BCUT2D eigenvalue weighted by Crippen LogP contribution is -2.33. The highest BCUT2D eigenvalue weighted by Gasteiger charge is 2.23. The highest BCUT2D eigenvalue weighted by atomic mass is 16.5. The molecular formula is C14H21NO. The van der Waals surface area contributed by atoms with Crippen molar-refractivity contribution in [3.63, 3.8) is 0 Å². The molecule has 1 aliphatic rings. The minimum absolute atomic E-state index is 0.514. The van der Waals surface area contributed by atoms with Gasteiger partial charge in [-0.05, 0) is 55.5 Å². The maximum atomic E-state index is 5.24.